The Labute approximate surface area is 171 Å². The number of aliphatic hydroxyl groups excluding tert-OH is 2. The van der Waals surface area contributed by atoms with Gasteiger partial charge in [-0.15, -0.1) is 0 Å². The summed E-state index contributed by atoms with van der Waals surface area (Å²) in [6.07, 6.45) is 5.61. The fraction of sp³-hybridized carbons (Fsp3) is 0.737. The van der Waals surface area contributed by atoms with Crippen molar-refractivity contribution in [2.45, 2.75) is 82.8 Å². The molecule has 0 spiro atoms. The number of nitrogens with zero attached hydrogens (tertiary/aromatic N) is 2. The van der Waals surface area contributed by atoms with E-state index in [0.29, 0.717) is 5.95 Å². The second kappa shape index (κ2) is 8.55. The summed E-state index contributed by atoms with van der Waals surface area (Å²) in [6, 6.07) is -0.217. The fourth-order valence-corrected chi connectivity index (χ4v) is 3.52. The van der Waals surface area contributed by atoms with Gasteiger partial charge in [0.25, 0.3) is 5.91 Å². The van der Waals surface area contributed by atoms with Crippen molar-refractivity contribution in [1.82, 2.24) is 15.3 Å². The van der Waals surface area contributed by atoms with Gasteiger partial charge in [-0.25, -0.2) is 9.97 Å². The molecule has 2 fully saturated rings. The fourth-order valence-electron chi connectivity index (χ4n) is 3.52. The Hall–Kier alpha value is -1.75. The Morgan fingerprint density at radius 3 is 2.28 bits per heavy atom. The molecule has 4 N–H and O–H groups in total. The lowest BCUT2D eigenvalue weighted by molar-refractivity contribution is -0.132. The highest BCUT2D eigenvalue weighted by Crippen LogP contribution is 2.36. The number of nitrogens with one attached hydrogen (secondary N) is 2. The Morgan fingerprint density at radius 1 is 1.17 bits per heavy atom. The molecular formula is C19H31BN4O5. The second-order valence-corrected chi connectivity index (χ2v) is 8.78. The van der Waals surface area contributed by atoms with E-state index < -0.39 is 36.9 Å². The van der Waals surface area contributed by atoms with E-state index in [1.807, 2.05) is 27.7 Å². The Morgan fingerprint density at radius 2 is 1.72 bits per heavy atom. The first kappa shape index (κ1) is 22.0. The zero-order valence-corrected chi connectivity index (χ0v) is 17.5. The van der Waals surface area contributed by atoms with E-state index in [9.17, 15) is 9.90 Å². The van der Waals surface area contributed by atoms with Crippen molar-refractivity contribution in [3.05, 3.63) is 12.4 Å². The monoisotopic (exact) mass is 406 g/mol. The lowest BCUT2D eigenvalue weighted by Gasteiger charge is -2.33. The lowest BCUT2D eigenvalue weighted by Crippen LogP contribution is -2.52. The normalized spacial score (nSPS) is 26.8. The van der Waals surface area contributed by atoms with Crippen molar-refractivity contribution < 1.29 is 24.3 Å². The molecule has 3 rings (SSSR count). The van der Waals surface area contributed by atoms with Gasteiger partial charge in [-0.1, -0.05) is 12.8 Å². The van der Waals surface area contributed by atoms with Gasteiger partial charge in [-0.2, -0.15) is 0 Å². The van der Waals surface area contributed by atoms with E-state index in [2.05, 4.69) is 20.6 Å². The molecule has 1 aromatic rings. The highest BCUT2D eigenvalue weighted by atomic mass is 16.7. The smallest absolute Gasteiger partial charge is 0.399 e. The van der Waals surface area contributed by atoms with Crippen LogP contribution in [0.2, 0.25) is 0 Å². The van der Waals surface area contributed by atoms with Crippen LogP contribution in [-0.2, 0) is 14.1 Å². The van der Waals surface area contributed by atoms with Gasteiger partial charge in [-0.3, -0.25) is 4.79 Å². The standard InChI is InChI=1S/C19H31BN4O5/c1-18(2)19(3,4)29-20(28-18)12-9-21-17(22-10-12)24-14-8-6-5-7-13(14)23-16(27)15(26)11-25/h9-10,13-15,25-26H,5-8,11H2,1-4H3,(H,23,27)(H,21,22,24)/t13-,14+,15+/m1/s1. The molecule has 10 heteroatoms. The number of anilines is 1. The van der Waals surface area contributed by atoms with Crippen molar-refractivity contribution >= 4 is 24.4 Å². The number of rotatable bonds is 6. The summed E-state index contributed by atoms with van der Waals surface area (Å²) in [5.74, 6) is -0.109. The molecule has 1 saturated carbocycles. The number of amides is 1. The van der Waals surface area contributed by atoms with Crippen LogP contribution in [0.1, 0.15) is 53.4 Å². The van der Waals surface area contributed by atoms with E-state index in [0.717, 1.165) is 31.1 Å². The predicted molar refractivity (Wildman–Crippen MR) is 109 cm³/mol. The van der Waals surface area contributed by atoms with Gasteiger partial charge in [0.15, 0.2) is 6.10 Å². The van der Waals surface area contributed by atoms with Gasteiger partial charge in [0.05, 0.1) is 17.8 Å². The second-order valence-electron chi connectivity index (χ2n) is 8.78. The molecule has 9 nitrogen and oxygen atoms in total. The zero-order valence-electron chi connectivity index (χ0n) is 17.5. The van der Waals surface area contributed by atoms with Gasteiger partial charge < -0.3 is 30.2 Å². The first-order valence-electron chi connectivity index (χ1n) is 10.2. The zero-order chi connectivity index (χ0) is 21.2. The van der Waals surface area contributed by atoms with Crippen LogP contribution >= 0.6 is 0 Å². The molecule has 0 aromatic carbocycles. The number of hydrogen-bond acceptors (Lipinski definition) is 8. The minimum Gasteiger partial charge on any atom is -0.399 e. The average Bonchev–Trinajstić information content (AvgIpc) is 2.90. The molecule has 2 aliphatic rings. The van der Waals surface area contributed by atoms with Crippen LogP contribution in [0.3, 0.4) is 0 Å². The third kappa shape index (κ3) is 4.88. The minimum atomic E-state index is -1.41. The largest absolute Gasteiger partial charge is 0.498 e. The maximum absolute atomic E-state index is 11.9. The van der Waals surface area contributed by atoms with Crippen LogP contribution < -0.4 is 16.1 Å². The average molecular weight is 406 g/mol. The summed E-state index contributed by atoms with van der Waals surface area (Å²) in [6.45, 7) is 7.38. The van der Waals surface area contributed by atoms with E-state index in [1.54, 1.807) is 12.4 Å². The molecule has 160 valence electrons. The van der Waals surface area contributed by atoms with Crippen LogP contribution in [0.15, 0.2) is 12.4 Å². The number of carbonyl (C=O) groups excluding carboxylic acids is 1. The van der Waals surface area contributed by atoms with Crippen molar-refractivity contribution in [2.24, 2.45) is 0 Å². The molecule has 29 heavy (non-hydrogen) atoms. The highest BCUT2D eigenvalue weighted by molar-refractivity contribution is 6.61. The maximum atomic E-state index is 11.9. The molecule has 1 aliphatic heterocycles. The summed E-state index contributed by atoms with van der Waals surface area (Å²) < 4.78 is 12.0. The predicted octanol–water partition coefficient (Wildman–Crippen LogP) is -0.0317. The summed E-state index contributed by atoms with van der Waals surface area (Å²) in [5.41, 5.74) is -0.114. The summed E-state index contributed by atoms with van der Waals surface area (Å²) >= 11 is 0. The molecule has 1 aromatic heterocycles. The third-order valence-electron chi connectivity index (χ3n) is 6.08. The van der Waals surface area contributed by atoms with Crippen molar-refractivity contribution in [3.63, 3.8) is 0 Å². The van der Waals surface area contributed by atoms with Crippen molar-refractivity contribution in [3.8, 4) is 0 Å². The minimum absolute atomic E-state index is 0.0544. The summed E-state index contributed by atoms with van der Waals surface area (Å²) in [5, 5.41) is 24.5. The Bertz CT molecular complexity index is 699. The van der Waals surface area contributed by atoms with Gasteiger partial charge >= 0.3 is 7.12 Å². The molecular weight excluding hydrogens is 375 g/mol. The lowest BCUT2D eigenvalue weighted by atomic mass is 9.81. The SMILES string of the molecule is CC1(C)OB(c2cnc(N[C@H]3CCCC[C@H]3NC(=O)[C@@H](O)CO)nc2)OC1(C)C. The van der Waals surface area contributed by atoms with E-state index >= 15 is 0 Å². The van der Waals surface area contributed by atoms with Crippen molar-refractivity contribution in [2.75, 3.05) is 11.9 Å². The summed E-state index contributed by atoms with van der Waals surface area (Å²) in [4.78, 5) is 20.7. The third-order valence-corrected chi connectivity index (χ3v) is 6.08. The first-order chi connectivity index (χ1) is 13.6. The van der Waals surface area contributed by atoms with Gasteiger partial charge in [0.1, 0.15) is 0 Å². The molecule has 0 bridgehead atoms. The molecule has 1 aliphatic carbocycles. The van der Waals surface area contributed by atoms with Crippen LogP contribution in [0.25, 0.3) is 0 Å². The molecule has 1 saturated heterocycles. The number of carbonyl (C=O) groups is 1. The van der Waals surface area contributed by atoms with E-state index in [4.69, 9.17) is 14.4 Å². The summed E-state index contributed by atoms with van der Waals surface area (Å²) in [7, 11) is -0.518. The molecule has 2 heterocycles. The number of aliphatic hydroxyl groups is 2. The van der Waals surface area contributed by atoms with E-state index in [1.165, 1.54) is 0 Å². The quantitative estimate of drug-likeness (QED) is 0.486. The Kier molecular flexibility index (Phi) is 6.47. The maximum Gasteiger partial charge on any atom is 0.498 e. The van der Waals surface area contributed by atoms with Crippen LogP contribution in [-0.4, -0.2) is 69.2 Å². The van der Waals surface area contributed by atoms with Crippen LogP contribution in [0.4, 0.5) is 5.95 Å². The molecule has 0 unspecified atom stereocenters. The van der Waals surface area contributed by atoms with E-state index in [-0.39, 0.29) is 12.1 Å². The van der Waals surface area contributed by atoms with Crippen LogP contribution in [0.5, 0.6) is 0 Å². The number of aromatic nitrogens is 2. The topological polar surface area (TPSA) is 126 Å². The first-order valence-corrected chi connectivity index (χ1v) is 10.2. The Balaban J connectivity index is 1.63. The molecule has 0 radical (unpaired) electrons. The van der Waals surface area contributed by atoms with Gasteiger partial charge in [0, 0.05) is 29.9 Å². The van der Waals surface area contributed by atoms with Gasteiger partial charge in [0.2, 0.25) is 5.95 Å². The molecule has 3 atom stereocenters. The van der Waals surface area contributed by atoms with Crippen LogP contribution in [0, 0.1) is 0 Å². The van der Waals surface area contributed by atoms with Gasteiger partial charge in [-0.05, 0) is 40.5 Å². The number of hydrogen-bond donors (Lipinski definition) is 4. The highest BCUT2D eigenvalue weighted by Gasteiger charge is 2.52. The van der Waals surface area contributed by atoms with Crippen molar-refractivity contribution in [1.29, 1.82) is 0 Å². The molecule has 1 amide bonds.